The van der Waals surface area contributed by atoms with Gasteiger partial charge < -0.3 is 0 Å². The Bertz CT molecular complexity index is 63.1. The van der Waals surface area contributed by atoms with E-state index in [9.17, 15) is 0 Å². The van der Waals surface area contributed by atoms with Crippen LogP contribution in [0.5, 0.6) is 0 Å². The molecule has 13 heteroatoms. The van der Waals surface area contributed by atoms with E-state index in [4.69, 9.17) is 37.3 Å². The second kappa shape index (κ2) is 11.0. The molecule has 0 atom stereocenters. The monoisotopic (exact) mass is 254 g/mol. The van der Waals surface area contributed by atoms with Crippen LogP contribution in [0, 0.1) is 20.5 Å². The molecule has 10 nitrogen and oxygen atoms in total. The van der Waals surface area contributed by atoms with Crippen LogP contribution >= 0.6 is 0 Å². The van der Waals surface area contributed by atoms with Gasteiger partial charge in [0.2, 0.25) is 0 Å². The average molecular weight is 255 g/mol. The zero-order chi connectivity index (χ0) is 11.0. The van der Waals surface area contributed by atoms with Gasteiger partial charge in [-0.05, 0) is 0 Å². The van der Waals surface area contributed by atoms with Crippen molar-refractivity contribution in [2.24, 2.45) is 11.7 Å². The molecule has 0 aromatic carbocycles. The van der Waals surface area contributed by atoms with Crippen LogP contribution in [-0.4, -0.2) is 23.1 Å². The van der Waals surface area contributed by atoms with Gasteiger partial charge >= 0.3 is 23.1 Å². The summed E-state index contributed by atoms with van der Waals surface area (Å²) in [5.74, 6) is 8.00. The third-order valence-corrected chi connectivity index (χ3v) is 0. The Kier molecular flexibility index (Phi) is 20.0. The third-order valence-electron chi connectivity index (χ3n) is 0. The van der Waals surface area contributed by atoms with E-state index in [-0.39, 0.29) is 23.1 Å². The van der Waals surface area contributed by atoms with Gasteiger partial charge in [0.15, 0.2) is 0 Å². The Morgan fingerprint density at radius 2 is 0.538 bits per heavy atom. The number of rotatable bonds is 0. The first-order chi connectivity index (χ1) is 5.00. The molecule has 0 aromatic rings. The van der Waals surface area contributed by atoms with Crippen molar-refractivity contribution in [3.8, 4) is 0 Å². The van der Waals surface area contributed by atoms with Gasteiger partial charge in [-0.3, -0.25) is 11.7 Å². The van der Waals surface area contributed by atoms with E-state index in [0.717, 1.165) is 0 Å². The van der Waals surface area contributed by atoms with Gasteiger partial charge in [-0.1, -0.05) is 0 Å². The first-order valence-electron chi connectivity index (χ1n) is 1.57. The summed E-state index contributed by atoms with van der Waals surface area (Å²) < 4.78 is 67.9. The molecule has 0 unspecified atom stereocenters. The molecule has 0 saturated heterocycles. The first-order valence-corrected chi connectivity index (χ1v) is 4.04. The predicted octanol–water partition coefficient (Wildman–Crippen LogP) is -11.1. The second-order valence-corrected chi connectivity index (χ2v) is 2.27. The summed E-state index contributed by atoms with van der Waals surface area (Å²) in [5.41, 5.74) is 0. The molecule has 4 N–H and O–H groups in total. The van der Waals surface area contributed by atoms with E-state index in [1.807, 2.05) is 0 Å². The molecular formula is H4Cl2MgN2O8. The van der Waals surface area contributed by atoms with E-state index in [0.29, 0.717) is 0 Å². The number of hydrogen-bond donors (Lipinski definition) is 2. The molecule has 0 aliphatic rings. The predicted molar refractivity (Wildman–Crippen MR) is 14.1 cm³/mol. The Morgan fingerprint density at radius 3 is 0.538 bits per heavy atom. The normalized spacial score (nSPS) is 9.69. The summed E-state index contributed by atoms with van der Waals surface area (Å²) in [5, 5.41) is 0. The van der Waals surface area contributed by atoms with Gasteiger partial charge in [0.1, 0.15) is 0 Å². The molecule has 0 spiro atoms. The Balaban J connectivity index is -0.0000000491. The van der Waals surface area contributed by atoms with E-state index in [1.165, 1.54) is 0 Å². The minimum absolute atomic E-state index is 0. The van der Waals surface area contributed by atoms with Crippen molar-refractivity contribution in [3.63, 3.8) is 0 Å². The fourth-order valence-corrected chi connectivity index (χ4v) is 0. The first kappa shape index (κ1) is 23.6. The zero-order valence-corrected chi connectivity index (χ0v) is 8.81. The fourth-order valence-electron chi connectivity index (χ4n) is 0. The SMILES string of the molecule is NN.[Mg+2].[O-][Cl+3]([O-])([O-])[O-].[O-][Cl+3]([O-])([O-])[O-]. The molecular weight excluding hydrogens is 251 g/mol. The van der Waals surface area contributed by atoms with Crippen LogP contribution in [0.25, 0.3) is 0 Å². The minimum atomic E-state index is -4.94. The molecule has 0 heterocycles. The van der Waals surface area contributed by atoms with Crippen LogP contribution in [0.4, 0.5) is 0 Å². The van der Waals surface area contributed by atoms with E-state index in [2.05, 4.69) is 11.7 Å². The minimum Gasteiger partial charge on any atom is -0.274 e. The van der Waals surface area contributed by atoms with Crippen molar-refractivity contribution >= 4 is 23.1 Å². The second-order valence-electron chi connectivity index (χ2n) is 0.756. The van der Waals surface area contributed by atoms with Crippen LogP contribution in [0.3, 0.4) is 0 Å². The largest absolute Gasteiger partial charge is 2.00 e. The maximum atomic E-state index is 8.49. The molecule has 0 bridgehead atoms. The summed E-state index contributed by atoms with van der Waals surface area (Å²) in [4.78, 5) is 0. The van der Waals surface area contributed by atoms with E-state index in [1.54, 1.807) is 0 Å². The number of nitrogens with two attached hydrogens (primary N) is 2. The molecule has 0 aliphatic carbocycles. The van der Waals surface area contributed by atoms with Crippen molar-refractivity contribution in [2.45, 2.75) is 0 Å². The number of hydrazine groups is 1. The summed E-state index contributed by atoms with van der Waals surface area (Å²) in [7, 11) is -9.89. The molecule has 78 valence electrons. The van der Waals surface area contributed by atoms with Crippen LogP contribution in [-0.2, 0) is 0 Å². The Hall–Kier alpha value is 0.946. The van der Waals surface area contributed by atoms with Gasteiger partial charge in [0.25, 0.3) is 0 Å². The van der Waals surface area contributed by atoms with E-state index >= 15 is 0 Å². The number of halogens is 2. The quantitative estimate of drug-likeness (QED) is 0.235. The smallest absolute Gasteiger partial charge is 0.274 e. The van der Waals surface area contributed by atoms with Crippen molar-refractivity contribution in [2.75, 3.05) is 0 Å². The Labute approximate surface area is 92.6 Å². The van der Waals surface area contributed by atoms with Crippen molar-refractivity contribution in [1.82, 2.24) is 0 Å². The molecule has 0 aliphatic heterocycles. The van der Waals surface area contributed by atoms with Crippen molar-refractivity contribution in [1.29, 1.82) is 0 Å². The molecule has 0 aromatic heterocycles. The summed E-state index contributed by atoms with van der Waals surface area (Å²) in [6.07, 6.45) is 0. The van der Waals surface area contributed by atoms with Gasteiger partial charge in [-0.25, -0.2) is 37.3 Å². The van der Waals surface area contributed by atoms with Crippen molar-refractivity contribution in [3.05, 3.63) is 0 Å². The maximum absolute atomic E-state index is 8.49. The summed E-state index contributed by atoms with van der Waals surface area (Å²) in [6, 6.07) is 0. The maximum Gasteiger partial charge on any atom is 2.00 e. The Morgan fingerprint density at radius 1 is 0.538 bits per heavy atom. The standard InChI is InChI=1S/2ClHO4.Mg.H4N2/c2*2-1(3,4)5;;1-2/h2*(H,2,3,4,5);;1-2H2/q;;+2;/p-2. The van der Waals surface area contributed by atoms with Crippen molar-refractivity contribution < 1.29 is 57.8 Å². The van der Waals surface area contributed by atoms with Crippen LogP contribution in [0.2, 0.25) is 0 Å². The molecule has 13 heavy (non-hydrogen) atoms. The molecule has 0 amide bonds. The molecule has 0 saturated carbocycles. The summed E-state index contributed by atoms with van der Waals surface area (Å²) in [6.45, 7) is 0. The zero-order valence-electron chi connectivity index (χ0n) is 5.88. The van der Waals surface area contributed by atoms with Crippen LogP contribution in [0.1, 0.15) is 0 Å². The van der Waals surface area contributed by atoms with Gasteiger partial charge in [-0.2, -0.15) is 0 Å². The van der Waals surface area contributed by atoms with Crippen LogP contribution in [0.15, 0.2) is 0 Å². The van der Waals surface area contributed by atoms with Crippen LogP contribution < -0.4 is 49.0 Å². The average Bonchev–Trinajstić information content (AvgIpc) is 1.59. The summed E-state index contributed by atoms with van der Waals surface area (Å²) >= 11 is 0. The molecule has 0 radical (unpaired) electrons. The number of hydrogen-bond acceptors (Lipinski definition) is 10. The molecule has 0 rings (SSSR count). The van der Waals surface area contributed by atoms with E-state index < -0.39 is 20.5 Å². The van der Waals surface area contributed by atoms with Gasteiger partial charge in [0.05, 0.1) is 0 Å². The molecule has 0 fully saturated rings. The van der Waals surface area contributed by atoms with Gasteiger partial charge in [0, 0.05) is 0 Å². The fraction of sp³-hybridized carbons (Fsp3) is 0. The topological polar surface area (TPSA) is 237 Å². The third kappa shape index (κ3) is 1730. The van der Waals surface area contributed by atoms with Gasteiger partial charge in [-0.15, -0.1) is 20.5 Å².